The molecule has 0 spiro atoms. The fraction of sp³-hybridized carbons (Fsp3) is 0.800. The molecule has 1 heterocycles. The molecule has 1 aliphatic heterocycles. The van der Waals surface area contributed by atoms with E-state index < -0.39 is 66.1 Å². The highest BCUT2D eigenvalue weighted by Gasteiger charge is 2.38. The van der Waals surface area contributed by atoms with E-state index in [0.717, 1.165) is 12.8 Å². The van der Waals surface area contributed by atoms with Gasteiger partial charge in [-0.25, -0.2) is 4.79 Å². The second-order valence-corrected chi connectivity index (χ2v) is 13.5. The second-order valence-electron chi connectivity index (χ2n) is 13.5. The van der Waals surface area contributed by atoms with Crippen LogP contribution in [-0.2, 0) is 24.0 Å². The first kappa shape index (κ1) is 37.6. The molecular formula is C30H54N6O7. The van der Waals surface area contributed by atoms with E-state index in [2.05, 4.69) is 26.6 Å². The molecule has 6 amide bonds. The van der Waals surface area contributed by atoms with E-state index in [9.17, 15) is 33.9 Å². The van der Waals surface area contributed by atoms with Gasteiger partial charge in [0, 0.05) is 25.2 Å². The number of carboxylic acid groups (broad SMARTS) is 1. The molecule has 246 valence electrons. The first-order valence-corrected chi connectivity index (χ1v) is 15.3. The maximum Gasteiger partial charge on any atom is 0.315 e. The Morgan fingerprint density at radius 2 is 1.19 bits per heavy atom. The van der Waals surface area contributed by atoms with Crippen molar-refractivity contribution < 1.29 is 33.9 Å². The topological polar surface area (TPSA) is 186 Å². The van der Waals surface area contributed by atoms with E-state index in [1.54, 1.807) is 32.6 Å². The number of carboxylic acids is 1. The number of amides is 6. The minimum Gasteiger partial charge on any atom is -0.481 e. The monoisotopic (exact) mass is 610 g/mol. The van der Waals surface area contributed by atoms with Crippen LogP contribution in [0.4, 0.5) is 4.79 Å². The van der Waals surface area contributed by atoms with E-state index in [1.165, 1.54) is 0 Å². The minimum absolute atomic E-state index is 0.0846. The minimum atomic E-state index is -1.45. The van der Waals surface area contributed by atoms with Crippen LogP contribution < -0.4 is 26.6 Å². The number of nitrogens with one attached hydrogen (secondary N) is 5. The molecule has 1 rings (SSSR count). The maximum atomic E-state index is 13.6. The molecular weight excluding hydrogens is 556 g/mol. The molecule has 13 heteroatoms. The largest absolute Gasteiger partial charge is 0.481 e. The third kappa shape index (κ3) is 12.8. The van der Waals surface area contributed by atoms with Crippen molar-refractivity contribution in [3.63, 3.8) is 0 Å². The van der Waals surface area contributed by atoms with Crippen molar-refractivity contribution in [2.45, 2.75) is 131 Å². The van der Waals surface area contributed by atoms with Crippen LogP contribution in [0.1, 0.15) is 101 Å². The lowest BCUT2D eigenvalue weighted by Crippen LogP contribution is -2.61. The number of carbonyl (C=O) groups is 6. The Morgan fingerprint density at radius 1 is 0.698 bits per heavy atom. The highest BCUT2D eigenvalue weighted by molar-refractivity contribution is 5.97. The zero-order chi connectivity index (χ0) is 33.1. The summed E-state index contributed by atoms with van der Waals surface area (Å²) in [5.74, 6) is -3.92. The van der Waals surface area contributed by atoms with Crippen molar-refractivity contribution in [1.29, 1.82) is 0 Å². The lowest BCUT2D eigenvalue weighted by atomic mass is 9.86. The highest BCUT2D eigenvalue weighted by Crippen LogP contribution is 2.21. The maximum absolute atomic E-state index is 13.6. The van der Waals surface area contributed by atoms with Crippen molar-refractivity contribution >= 4 is 35.6 Å². The molecule has 0 saturated carbocycles. The van der Waals surface area contributed by atoms with Crippen molar-refractivity contribution in [1.82, 2.24) is 31.5 Å². The quantitative estimate of drug-likeness (QED) is 0.173. The summed E-state index contributed by atoms with van der Waals surface area (Å²) in [5.41, 5.74) is -1.11. The Bertz CT molecular complexity index is 994. The smallest absolute Gasteiger partial charge is 0.315 e. The summed E-state index contributed by atoms with van der Waals surface area (Å²) in [5, 5.41) is 22.8. The number of aliphatic carboxylic acids is 1. The lowest BCUT2D eigenvalue weighted by molar-refractivity contribution is -0.142. The van der Waals surface area contributed by atoms with Crippen LogP contribution in [0.25, 0.3) is 0 Å². The standard InChI is InChI=1S/C30H54N6O7/c1-10-19(11-2)32-28(43)35-24(30(7,8)9)27(42)34-20(16-22(37)36-14-12-13-15-36)26(41)33-21(17-23(38)39)25(40)31-18(3)29(4,5)6/h18-21,24H,10-17H2,1-9H3,(H,31,40)(H,33,41)(H,34,42)(H,38,39)(H2,32,35,43)/t18-,20+,21+,24-/m1/s1. The third-order valence-corrected chi connectivity index (χ3v) is 7.86. The molecule has 43 heavy (non-hydrogen) atoms. The number of nitrogens with zero attached hydrogens (tertiary/aromatic N) is 1. The summed E-state index contributed by atoms with van der Waals surface area (Å²) in [6.07, 6.45) is 1.96. The Balaban J connectivity index is 3.26. The summed E-state index contributed by atoms with van der Waals surface area (Å²) in [7, 11) is 0. The SMILES string of the molecule is CCC(CC)NC(=O)N[C@H](C(=O)N[C@@H](CC(=O)N1CCCC1)C(=O)N[C@@H](CC(=O)O)C(=O)N[C@H](C)C(C)(C)C)C(C)(C)C. The molecule has 0 aromatic heterocycles. The molecule has 0 aliphatic carbocycles. The molecule has 1 saturated heterocycles. The van der Waals surface area contributed by atoms with E-state index in [0.29, 0.717) is 25.9 Å². The van der Waals surface area contributed by atoms with Crippen LogP contribution in [-0.4, -0.2) is 88.9 Å². The fourth-order valence-electron chi connectivity index (χ4n) is 4.45. The summed E-state index contributed by atoms with van der Waals surface area (Å²) in [6.45, 7) is 17.7. The van der Waals surface area contributed by atoms with Gasteiger partial charge in [-0.15, -0.1) is 0 Å². The van der Waals surface area contributed by atoms with Crippen LogP contribution in [0.5, 0.6) is 0 Å². The van der Waals surface area contributed by atoms with Gasteiger partial charge in [-0.2, -0.15) is 0 Å². The third-order valence-electron chi connectivity index (χ3n) is 7.86. The molecule has 0 bridgehead atoms. The number of hydrogen-bond acceptors (Lipinski definition) is 6. The van der Waals surface area contributed by atoms with Gasteiger partial charge in [0.1, 0.15) is 18.1 Å². The van der Waals surface area contributed by atoms with Gasteiger partial charge in [-0.1, -0.05) is 55.4 Å². The number of rotatable bonds is 14. The van der Waals surface area contributed by atoms with Crippen LogP contribution in [0.15, 0.2) is 0 Å². The highest BCUT2D eigenvalue weighted by atomic mass is 16.4. The first-order valence-electron chi connectivity index (χ1n) is 15.3. The number of urea groups is 1. The molecule has 13 nitrogen and oxygen atoms in total. The molecule has 1 aliphatic rings. The van der Waals surface area contributed by atoms with Gasteiger partial charge in [0.05, 0.1) is 12.8 Å². The number of hydrogen-bond donors (Lipinski definition) is 6. The molecule has 0 unspecified atom stereocenters. The average molecular weight is 611 g/mol. The van der Waals surface area contributed by atoms with Gasteiger partial charge in [-0.05, 0) is 43.4 Å². The number of likely N-dealkylation sites (tertiary alicyclic amines) is 1. The Labute approximate surface area is 256 Å². The summed E-state index contributed by atoms with van der Waals surface area (Å²) >= 11 is 0. The van der Waals surface area contributed by atoms with E-state index in [4.69, 9.17) is 0 Å². The lowest BCUT2D eigenvalue weighted by Gasteiger charge is -2.33. The fourth-order valence-corrected chi connectivity index (χ4v) is 4.45. The second kappa shape index (κ2) is 16.5. The normalized spacial score (nSPS) is 16.5. The van der Waals surface area contributed by atoms with Gasteiger partial charge in [0.25, 0.3) is 0 Å². The Hall–Kier alpha value is -3.38. The van der Waals surface area contributed by atoms with Gasteiger partial charge in [0.2, 0.25) is 23.6 Å². The van der Waals surface area contributed by atoms with E-state index >= 15 is 0 Å². The number of carbonyl (C=O) groups excluding carboxylic acids is 5. The average Bonchev–Trinajstić information content (AvgIpc) is 3.43. The molecule has 6 N–H and O–H groups in total. The summed E-state index contributed by atoms with van der Waals surface area (Å²) < 4.78 is 0. The van der Waals surface area contributed by atoms with Crippen molar-refractivity contribution in [2.75, 3.05) is 13.1 Å². The predicted octanol–water partition coefficient (Wildman–Crippen LogP) is 1.90. The van der Waals surface area contributed by atoms with Crippen LogP contribution in [0.3, 0.4) is 0 Å². The van der Waals surface area contributed by atoms with Crippen LogP contribution >= 0.6 is 0 Å². The Kier molecular flexibility index (Phi) is 14.4. The molecule has 0 aromatic carbocycles. The molecule has 4 atom stereocenters. The van der Waals surface area contributed by atoms with Crippen molar-refractivity contribution in [3.8, 4) is 0 Å². The van der Waals surface area contributed by atoms with Crippen molar-refractivity contribution in [3.05, 3.63) is 0 Å². The zero-order valence-electron chi connectivity index (χ0n) is 27.4. The summed E-state index contributed by atoms with van der Waals surface area (Å²) in [6, 6.07) is -4.91. The van der Waals surface area contributed by atoms with Gasteiger partial charge in [-0.3, -0.25) is 24.0 Å². The molecule has 1 fully saturated rings. The Morgan fingerprint density at radius 3 is 1.65 bits per heavy atom. The van der Waals surface area contributed by atoms with Gasteiger partial charge < -0.3 is 36.6 Å². The van der Waals surface area contributed by atoms with Crippen LogP contribution in [0.2, 0.25) is 0 Å². The van der Waals surface area contributed by atoms with Gasteiger partial charge in [0.15, 0.2) is 0 Å². The molecule has 0 radical (unpaired) electrons. The van der Waals surface area contributed by atoms with E-state index in [1.807, 2.05) is 34.6 Å². The summed E-state index contributed by atoms with van der Waals surface area (Å²) in [4.78, 5) is 79.2. The van der Waals surface area contributed by atoms with E-state index in [-0.39, 0.29) is 23.4 Å². The predicted molar refractivity (Wildman–Crippen MR) is 163 cm³/mol. The van der Waals surface area contributed by atoms with Crippen LogP contribution in [0, 0.1) is 10.8 Å². The first-order chi connectivity index (χ1) is 19.8. The zero-order valence-corrected chi connectivity index (χ0v) is 27.4. The van der Waals surface area contributed by atoms with Gasteiger partial charge >= 0.3 is 12.0 Å². The molecule has 0 aromatic rings. The van der Waals surface area contributed by atoms with Crippen molar-refractivity contribution in [2.24, 2.45) is 10.8 Å².